The molecule has 5 rings (SSSR count). The van der Waals surface area contributed by atoms with Crippen LogP contribution in [0.15, 0.2) is 60.0 Å². The number of rotatable bonds is 9. The fourth-order valence-electron chi connectivity index (χ4n) is 4.60. The van der Waals surface area contributed by atoms with Gasteiger partial charge in [-0.1, -0.05) is 30.3 Å². The molecule has 2 amide bonds. The van der Waals surface area contributed by atoms with E-state index >= 15 is 0 Å². The summed E-state index contributed by atoms with van der Waals surface area (Å²) in [4.78, 5) is 31.5. The highest BCUT2D eigenvalue weighted by atomic mass is 32.1. The molecule has 11 heteroatoms. The summed E-state index contributed by atoms with van der Waals surface area (Å²) in [6.45, 7) is 4.63. The van der Waals surface area contributed by atoms with Gasteiger partial charge in [-0.05, 0) is 78.2 Å². The van der Waals surface area contributed by atoms with E-state index in [-0.39, 0.29) is 30.2 Å². The van der Waals surface area contributed by atoms with Crippen molar-refractivity contribution in [2.75, 3.05) is 18.1 Å². The maximum atomic E-state index is 14.1. The number of hydrogen-bond donors (Lipinski definition) is 2. The number of aryl methyl sites for hydroxylation is 2. The SMILES string of the molecule is Cc1ccc(C)c(N(C(=O)Cn2nnc(-c3cccs3)n2)[C@@H](C(=O)NC[C@H]2CCCO2)c2ccc(O)cc2)c1. The van der Waals surface area contributed by atoms with Crippen molar-refractivity contribution in [3.8, 4) is 16.5 Å². The minimum Gasteiger partial charge on any atom is -0.508 e. The molecule has 1 saturated heterocycles. The van der Waals surface area contributed by atoms with Crippen molar-refractivity contribution in [1.82, 2.24) is 25.5 Å². The van der Waals surface area contributed by atoms with Crippen molar-refractivity contribution >= 4 is 28.8 Å². The molecule has 202 valence electrons. The third-order valence-electron chi connectivity index (χ3n) is 6.61. The number of benzene rings is 2. The van der Waals surface area contributed by atoms with Crippen LogP contribution in [0.4, 0.5) is 5.69 Å². The average molecular weight is 547 g/mol. The number of tetrazole rings is 1. The number of aromatic nitrogens is 4. The van der Waals surface area contributed by atoms with Gasteiger partial charge in [0.1, 0.15) is 18.3 Å². The highest BCUT2D eigenvalue weighted by molar-refractivity contribution is 7.13. The third-order valence-corrected chi connectivity index (χ3v) is 7.47. The molecule has 2 atom stereocenters. The lowest BCUT2D eigenvalue weighted by Gasteiger charge is -2.33. The minimum absolute atomic E-state index is 0.0608. The van der Waals surface area contributed by atoms with Crippen molar-refractivity contribution < 1.29 is 19.4 Å². The Balaban J connectivity index is 1.52. The molecule has 1 aliphatic heterocycles. The highest BCUT2D eigenvalue weighted by Crippen LogP contribution is 2.32. The van der Waals surface area contributed by atoms with Crippen molar-refractivity contribution in [3.63, 3.8) is 0 Å². The van der Waals surface area contributed by atoms with Gasteiger partial charge >= 0.3 is 0 Å². The van der Waals surface area contributed by atoms with Crippen molar-refractivity contribution in [2.45, 2.75) is 45.4 Å². The van der Waals surface area contributed by atoms with E-state index in [9.17, 15) is 14.7 Å². The van der Waals surface area contributed by atoms with Crippen LogP contribution in [0.2, 0.25) is 0 Å². The summed E-state index contributed by atoms with van der Waals surface area (Å²) < 4.78 is 5.69. The van der Waals surface area contributed by atoms with E-state index in [0.717, 1.165) is 28.8 Å². The van der Waals surface area contributed by atoms with E-state index in [1.807, 2.05) is 49.6 Å². The van der Waals surface area contributed by atoms with Gasteiger partial charge in [0.15, 0.2) is 0 Å². The van der Waals surface area contributed by atoms with Gasteiger partial charge in [-0.3, -0.25) is 14.5 Å². The van der Waals surface area contributed by atoms with E-state index < -0.39 is 6.04 Å². The molecule has 39 heavy (non-hydrogen) atoms. The van der Waals surface area contributed by atoms with Gasteiger partial charge in [0.05, 0.1) is 11.0 Å². The second kappa shape index (κ2) is 11.7. The molecule has 4 aromatic rings. The fraction of sp³-hybridized carbons (Fsp3) is 0.321. The van der Waals surface area contributed by atoms with Gasteiger partial charge in [-0.2, -0.15) is 4.80 Å². The Bertz CT molecular complexity index is 1430. The second-order valence-corrected chi connectivity index (χ2v) is 10.5. The summed E-state index contributed by atoms with van der Waals surface area (Å²) in [6, 6.07) is 14.9. The molecule has 0 spiro atoms. The molecule has 10 nitrogen and oxygen atoms in total. The van der Waals surface area contributed by atoms with Crippen LogP contribution in [0.3, 0.4) is 0 Å². The first-order chi connectivity index (χ1) is 18.9. The zero-order valence-electron chi connectivity index (χ0n) is 21.8. The van der Waals surface area contributed by atoms with Gasteiger partial charge in [-0.25, -0.2) is 0 Å². The summed E-state index contributed by atoms with van der Waals surface area (Å²) in [6.07, 6.45) is 1.76. The number of ether oxygens (including phenoxy) is 1. The number of nitrogens with zero attached hydrogens (tertiary/aromatic N) is 5. The molecule has 1 aliphatic rings. The molecule has 2 aromatic heterocycles. The first kappa shape index (κ1) is 26.5. The summed E-state index contributed by atoms with van der Waals surface area (Å²) in [7, 11) is 0. The number of aromatic hydroxyl groups is 1. The van der Waals surface area contributed by atoms with E-state index in [1.165, 1.54) is 33.2 Å². The maximum absolute atomic E-state index is 14.1. The monoisotopic (exact) mass is 546 g/mol. The number of phenolic OH excluding ortho intramolecular Hbond substituents is 1. The Morgan fingerprint density at radius 2 is 2.03 bits per heavy atom. The molecule has 0 saturated carbocycles. The molecular formula is C28H30N6O4S. The Labute approximate surface area is 230 Å². The topological polar surface area (TPSA) is 122 Å². The predicted octanol–water partition coefficient (Wildman–Crippen LogP) is 3.79. The number of anilines is 1. The van der Waals surface area contributed by atoms with Gasteiger partial charge in [0.2, 0.25) is 11.7 Å². The van der Waals surface area contributed by atoms with Crippen LogP contribution in [0.1, 0.15) is 35.6 Å². The van der Waals surface area contributed by atoms with Crippen molar-refractivity contribution in [1.29, 1.82) is 0 Å². The Morgan fingerprint density at radius 1 is 1.21 bits per heavy atom. The van der Waals surface area contributed by atoms with Crippen LogP contribution in [0.5, 0.6) is 5.75 Å². The van der Waals surface area contributed by atoms with Crippen LogP contribution in [0, 0.1) is 13.8 Å². The summed E-state index contributed by atoms with van der Waals surface area (Å²) in [5.74, 6) is -0.240. The smallest absolute Gasteiger partial charge is 0.251 e. The first-order valence-corrected chi connectivity index (χ1v) is 13.7. The number of hydrogen-bond acceptors (Lipinski definition) is 8. The summed E-state index contributed by atoms with van der Waals surface area (Å²) in [5.41, 5.74) is 2.92. The Kier molecular flexibility index (Phi) is 7.99. The summed E-state index contributed by atoms with van der Waals surface area (Å²) >= 11 is 1.48. The molecular weight excluding hydrogens is 516 g/mol. The van der Waals surface area contributed by atoms with Gasteiger partial charge in [0.25, 0.3) is 5.91 Å². The molecule has 0 bridgehead atoms. The van der Waals surface area contributed by atoms with Gasteiger partial charge in [-0.15, -0.1) is 21.5 Å². The lowest BCUT2D eigenvalue weighted by atomic mass is 10.0. The van der Waals surface area contributed by atoms with Gasteiger partial charge < -0.3 is 15.2 Å². The van der Waals surface area contributed by atoms with E-state index in [1.54, 1.807) is 12.1 Å². The molecule has 0 unspecified atom stereocenters. The quantitative estimate of drug-likeness (QED) is 0.327. The summed E-state index contributed by atoms with van der Waals surface area (Å²) in [5, 5.41) is 27.4. The van der Waals surface area contributed by atoms with E-state index in [0.29, 0.717) is 30.2 Å². The normalized spacial score (nSPS) is 15.7. The minimum atomic E-state index is -1.01. The Morgan fingerprint density at radius 3 is 2.74 bits per heavy atom. The van der Waals surface area contributed by atoms with E-state index in [4.69, 9.17) is 4.74 Å². The standard InChI is InChI=1S/C28H30N6O4S/c1-18-7-8-19(2)23(15-18)34(25(36)17-33-31-27(30-32-33)24-6-4-14-39-24)26(20-9-11-21(35)12-10-20)28(37)29-16-22-5-3-13-38-22/h4,6-12,14-15,22,26,35H,3,5,13,16-17H2,1-2H3,(H,29,37)/t22-,26-/m1/s1. The number of carbonyl (C=O) groups is 2. The number of thiophene rings is 1. The van der Waals surface area contributed by atoms with Crippen molar-refractivity contribution in [3.05, 3.63) is 76.7 Å². The van der Waals surface area contributed by atoms with Crippen LogP contribution in [-0.4, -0.2) is 56.4 Å². The van der Waals surface area contributed by atoms with Crippen molar-refractivity contribution in [2.24, 2.45) is 0 Å². The highest BCUT2D eigenvalue weighted by Gasteiger charge is 2.34. The zero-order valence-corrected chi connectivity index (χ0v) is 22.6. The number of carbonyl (C=O) groups excluding carboxylic acids is 2. The molecule has 2 aromatic carbocycles. The molecule has 0 radical (unpaired) electrons. The average Bonchev–Trinajstić information content (AvgIpc) is 3.71. The lowest BCUT2D eigenvalue weighted by molar-refractivity contribution is -0.127. The maximum Gasteiger partial charge on any atom is 0.251 e. The number of phenols is 1. The zero-order chi connectivity index (χ0) is 27.4. The Hall–Kier alpha value is -4.09. The second-order valence-electron chi connectivity index (χ2n) is 9.55. The molecule has 1 fully saturated rings. The number of nitrogens with one attached hydrogen (secondary N) is 1. The molecule has 0 aliphatic carbocycles. The van der Waals surface area contributed by atoms with Gasteiger partial charge in [0, 0.05) is 18.8 Å². The predicted molar refractivity (Wildman–Crippen MR) is 147 cm³/mol. The largest absolute Gasteiger partial charge is 0.508 e. The van der Waals surface area contributed by atoms with E-state index in [2.05, 4.69) is 20.7 Å². The molecule has 3 heterocycles. The first-order valence-electron chi connectivity index (χ1n) is 12.8. The van der Waals surface area contributed by atoms with Crippen LogP contribution < -0.4 is 10.2 Å². The fourth-order valence-corrected chi connectivity index (χ4v) is 5.25. The third kappa shape index (κ3) is 6.15. The van der Waals surface area contributed by atoms with Crippen LogP contribution in [0.25, 0.3) is 10.7 Å². The van der Waals surface area contributed by atoms with Crippen LogP contribution >= 0.6 is 11.3 Å². The molecule has 2 N–H and O–H groups in total. The number of amides is 2. The lowest BCUT2D eigenvalue weighted by Crippen LogP contribution is -2.47. The van der Waals surface area contributed by atoms with Crippen LogP contribution in [-0.2, 0) is 20.9 Å².